The second-order valence-corrected chi connectivity index (χ2v) is 7.51. The molecule has 1 aromatic heterocycles. The number of halogens is 1. The van der Waals surface area contributed by atoms with E-state index in [-0.39, 0.29) is 5.48 Å². The highest BCUT2D eigenvalue weighted by atomic mass is 35.5. The Morgan fingerprint density at radius 1 is 1.21 bits per heavy atom. The van der Waals surface area contributed by atoms with Gasteiger partial charge in [-0.25, -0.2) is 0 Å². The Bertz CT molecular complexity index is 808. The van der Waals surface area contributed by atoms with Crippen LogP contribution in [0.4, 0.5) is 5.69 Å². The molecule has 0 radical (unpaired) electrons. The number of nitrogens with zero attached hydrogens (tertiary/aromatic N) is 2. The third-order valence-electron chi connectivity index (χ3n) is 4.11. The summed E-state index contributed by atoms with van der Waals surface area (Å²) in [5.74, 6) is 0. The van der Waals surface area contributed by atoms with Gasteiger partial charge in [0.1, 0.15) is 0 Å². The molecule has 28 heavy (non-hydrogen) atoms. The molecule has 1 unspecified atom stereocenters. The number of pyridine rings is 1. The summed E-state index contributed by atoms with van der Waals surface area (Å²) in [4.78, 5) is 6.86. The van der Waals surface area contributed by atoms with Gasteiger partial charge in [0, 0.05) is 28.3 Å². The van der Waals surface area contributed by atoms with Crippen molar-refractivity contribution in [1.82, 2.24) is 9.88 Å². The average Bonchev–Trinajstić information content (AvgIpc) is 2.57. The second-order valence-electron chi connectivity index (χ2n) is 6.18. The molecular formula is C18H30ClN3O5S. The summed E-state index contributed by atoms with van der Waals surface area (Å²) in [5, 5.41) is 5.47. The molecule has 0 saturated carbocycles. The minimum absolute atomic E-state index is 0. The van der Waals surface area contributed by atoms with Gasteiger partial charge >= 0.3 is 10.4 Å². The van der Waals surface area contributed by atoms with Crippen molar-refractivity contribution in [1.29, 1.82) is 0 Å². The van der Waals surface area contributed by atoms with Gasteiger partial charge in [-0.2, -0.15) is 8.42 Å². The van der Waals surface area contributed by atoms with Crippen LogP contribution in [0, 0.1) is 0 Å². The molecule has 1 heterocycles. The normalized spacial score (nSPS) is 12.1. The van der Waals surface area contributed by atoms with Gasteiger partial charge < -0.3 is 15.7 Å². The van der Waals surface area contributed by atoms with Gasteiger partial charge in [-0.1, -0.05) is 25.4 Å². The number of aromatic nitrogens is 1. The lowest BCUT2D eigenvalue weighted by Gasteiger charge is -2.20. The van der Waals surface area contributed by atoms with Crippen LogP contribution < -0.4 is 5.32 Å². The number of nitrogens with one attached hydrogen (secondary N) is 1. The van der Waals surface area contributed by atoms with Crippen LogP contribution in [0.25, 0.3) is 10.9 Å². The molecule has 2 rings (SSSR count). The molecular weight excluding hydrogens is 406 g/mol. The fourth-order valence-electron chi connectivity index (χ4n) is 2.75. The molecule has 0 amide bonds. The third-order valence-corrected chi connectivity index (χ3v) is 4.35. The highest BCUT2D eigenvalue weighted by Gasteiger charge is 2.07. The lowest BCUT2D eigenvalue weighted by molar-refractivity contribution is 0.295. The van der Waals surface area contributed by atoms with E-state index in [1.165, 1.54) is 13.0 Å². The highest BCUT2D eigenvalue weighted by Crippen LogP contribution is 2.25. The summed E-state index contributed by atoms with van der Waals surface area (Å²) < 4.78 is 31.6. The van der Waals surface area contributed by atoms with Crippen molar-refractivity contribution in [3.05, 3.63) is 35.5 Å². The van der Waals surface area contributed by atoms with Crippen molar-refractivity contribution >= 4 is 38.6 Å². The van der Waals surface area contributed by atoms with E-state index in [9.17, 15) is 0 Å². The van der Waals surface area contributed by atoms with Crippen molar-refractivity contribution in [3.63, 3.8) is 0 Å². The van der Waals surface area contributed by atoms with Crippen molar-refractivity contribution in [2.45, 2.75) is 39.7 Å². The first kappa shape index (κ1) is 26.5. The summed E-state index contributed by atoms with van der Waals surface area (Å²) in [6.07, 6.45) is 4.21. The van der Waals surface area contributed by atoms with E-state index in [2.05, 4.69) is 36.0 Å². The largest absolute Gasteiger partial charge is 0.412 e. The first-order valence-electron chi connectivity index (χ1n) is 8.87. The molecule has 2 aromatic rings. The van der Waals surface area contributed by atoms with Crippen LogP contribution in [0.2, 0.25) is 5.02 Å². The summed E-state index contributed by atoms with van der Waals surface area (Å²) in [6, 6.07) is 8.35. The molecule has 0 aliphatic carbocycles. The van der Waals surface area contributed by atoms with Gasteiger partial charge in [-0.05, 0) is 63.7 Å². The first-order valence-corrected chi connectivity index (χ1v) is 10.6. The predicted molar refractivity (Wildman–Crippen MR) is 115 cm³/mol. The van der Waals surface area contributed by atoms with E-state index in [0.29, 0.717) is 6.04 Å². The van der Waals surface area contributed by atoms with Crippen LogP contribution in [0.1, 0.15) is 33.6 Å². The van der Waals surface area contributed by atoms with Gasteiger partial charge in [0.15, 0.2) is 0 Å². The molecule has 8 nitrogen and oxygen atoms in total. The molecule has 0 fully saturated rings. The van der Waals surface area contributed by atoms with Crippen LogP contribution in [-0.2, 0) is 10.4 Å². The van der Waals surface area contributed by atoms with Gasteiger partial charge in [0.05, 0.1) is 5.52 Å². The quantitative estimate of drug-likeness (QED) is 0.541. The fraction of sp³-hybridized carbons (Fsp3) is 0.500. The topological polar surface area (TPSA) is 134 Å². The lowest BCUT2D eigenvalue weighted by atomic mass is 10.1. The van der Waals surface area contributed by atoms with Crippen LogP contribution in [-0.4, -0.2) is 58.6 Å². The van der Waals surface area contributed by atoms with Crippen molar-refractivity contribution in [3.8, 4) is 0 Å². The SMILES string of the molecule is CCN(CC)CCCC(C)Nc1ccnc2cc(Cl)ccc12.O.O=S(=O)(O)O. The third kappa shape index (κ3) is 10.7. The maximum atomic E-state index is 8.74. The zero-order chi connectivity index (χ0) is 20.4. The number of hydrogen-bond donors (Lipinski definition) is 3. The maximum Gasteiger partial charge on any atom is 0.394 e. The van der Waals surface area contributed by atoms with Crippen LogP contribution in [0.5, 0.6) is 0 Å². The molecule has 0 saturated heterocycles. The number of anilines is 1. The van der Waals surface area contributed by atoms with E-state index < -0.39 is 10.4 Å². The van der Waals surface area contributed by atoms with E-state index in [0.717, 1.165) is 41.1 Å². The van der Waals surface area contributed by atoms with Crippen LogP contribution in [0.15, 0.2) is 30.5 Å². The Kier molecular flexibility index (Phi) is 12.2. The highest BCUT2D eigenvalue weighted by molar-refractivity contribution is 7.79. The van der Waals surface area contributed by atoms with Crippen molar-refractivity contribution < 1.29 is 23.0 Å². The minimum atomic E-state index is -4.67. The molecule has 0 aliphatic heterocycles. The standard InChI is InChI=1S/C18H26ClN3.H2O4S.H2O/c1-4-22(5-2)12-6-7-14(3)21-17-10-11-20-18-13-15(19)8-9-16(17)18;1-5(2,3)4;/h8-11,13-14H,4-7,12H2,1-3H3,(H,20,21);(H2,1,2,3,4);1H2. The zero-order valence-electron chi connectivity index (χ0n) is 16.4. The molecule has 0 spiro atoms. The summed E-state index contributed by atoms with van der Waals surface area (Å²) in [6.45, 7) is 10.1. The van der Waals surface area contributed by atoms with Crippen molar-refractivity contribution in [2.75, 3.05) is 25.0 Å². The predicted octanol–water partition coefficient (Wildman–Crippen LogP) is 3.33. The van der Waals surface area contributed by atoms with Crippen LogP contribution >= 0.6 is 11.6 Å². The monoisotopic (exact) mass is 435 g/mol. The van der Waals surface area contributed by atoms with Crippen LogP contribution in [0.3, 0.4) is 0 Å². The first-order chi connectivity index (χ1) is 12.6. The Morgan fingerprint density at radius 3 is 2.39 bits per heavy atom. The molecule has 1 atom stereocenters. The van der Waals surface area contributed by atoms with E-state index in [1.807, 2.05) is 30.5 Å². The summed E-state index contributed by atoms with van der Waals surface area (Å²) >= 11 is 6.04. The summed E-state index contributed by atoms with van der Waals surface area (Å²) in [5.41, 5.74) is 2.07. The average molecular weight is 436 g/mol. The molecule has 0 bridgehead atoms. The lowest BCUT2D eigenvalue weighted by Crippen LogP contribution is -2.25. The number of benzene rings is 1. The minimum Gasteiger partial charge on any atom is -0.412 e. The Labute approximate surface area is 171 Å². The fourth-order valence-corrected chi connectivity index (χ4v) is 2.91. The maximum absolute atomic E-state index is 8.74. The number of fused-ring (bicyclic) bond motifs is 1. The van der Waals surface area contributed by atoms with Gasteiger partial charge in [0.2, 0.25) is 0 Å². The van der Waals surface area contributed by atoms with E-state index in [1.54, 1.807) is 0 Å². The van der Waals surface area contributed by atoms with Gasteiger partial charge in [0.25, 0.3) is 0 Å². The van der Waals surface area contributed by atoms with E-state index >= 15 is 0 Å². The second kappa shape index (κ2) is 12.9. The zero-order valence-corrected chi connectivity index (χ0v) is 18.0. The van der Waals surface area contributed by atoms with Gasteiger partial charge in [-0.15, -0.1) is 0 Å². The molecule has 160 valence electrons. The molecule has 0 aliphatic rings. The smallest absolute Gasteiger partial charge is 0.394 e. The number of rotatable bonds is 8. The van der Waals surface area contributed by atoms with Crippen molar-refractivity contribution in [2.24, 2.45) is 0 Å². The Hall–Kier alpha value is -1.49. The van der Waals surface area contributed by atoms with Gasteiger partial charge in [-0.3, -0.25) is 14.1 Å². The number of hydrogen-bond acceptors (Lipinski definition) is 5. The molecule has 1 aromatic carbocycles. The molecule has 5 N–H and O–H groups in total. The Balaban J connectivity index is 0.00000108. The Morgan fingerprint density at radius 2 is 1.82 bits per heavy atom. The summed E-state index contributed by atoms with van der Waals surface area (Å²) in [7, 11) is -4.67. The molecule has 10 heteroatoms. The van der Waals surface area contributed by atoms with E-state index in [4.69, 9.17) is 29.1 Å².